The third-order valence-corrected chi connectivity index (χ3v) is 3.82. The van der Waals surface area contributed by atoms with E-state index in [9.17, 15) is 9.59 Å². The summed E-state index contributed by atoms with van der Waals surface area (Å²) in [5.74, 6) is -0.0221. The van der Waals surface area contributed by atoms with Gasteiger partial charge >= 0.3 is 5.69 Å². The molecule has 1 aliphatic rings. The fourth-order valence-electron chi connectivity index (χ4n) is 2.76. The number of hydrogen-bond acceptors (Lipinski definition) is 3. The van der Waals surface area contributed by atoms with Gasteiger partial charge in [0, 0.05) is 24.5 Å². The first-order valence-corrected chi connectivity index (χ1v) is 7.16. The minimum Gasteiger partial charge on any atom is -0.352 e. The second-order valence-corrected chi connectivity index (χ2v) is 5.23. The maximum absolute atomic E-state index is 12.3. The van der Waals surface area contributed by atoms with Gasteiger partial charge in [0.05, 0.1) is 0 Å². The van der Waals surface area contributed by atoms with E-state index in [0.29, 0.717) is 13.0 Å². The van der Waals surface area contributed by atoms with Gasteiger partial charge in [0.15, 0.2) is 0 Å². The molecule has 1 aromatic heterocycles. The highest BCUT2D eigenvalue weighted by molar-refractivity contribution is 5.96. The molecule has 5 heteroatoms. The molecular formula is C16H17N3O2. The predicted molar refractivity (Wildman–Crippen MR) is 79.4 cm³/mol. The molecule has 21 heavy (non-hydrogen) atoms. The number of nitrogens with zero attached hydrogens (tertiary/aromatic N) is 1. The number of fused-ring (bicyclic) bond motifs is 1. The van der Waals surface area contributed by atoms with Crippen molar-refractivity contribution >= 4 is 5.91 Å². The summed E-state index contributed by atoms with van der Waals surface area (Å²) in [6.07, 6.45) is 6.99. The number of aromatic nitrogens is 2. The molecule has 0 saturated carbocycles. The van der Waals surface area contributed by atoms with Crippen molar-refractivity contribution in [2.75, 3.05) is 6.54 Å². The number of carbonyl (C=O) groups is 1. The summed E-state index contributed by atoms with van der Waals surface area (Å²) in [7, 11) is 0. The van der Waals surface area contributed by atoms with Crippen molar-refractivity contribution in [1.29, 1.82) is 0 Å². The van der Waals surface area contributed by atoms with Gasteiger partial charge in [0.25, 0.3) is 5.91 Å². The Balaban J connectivity index is 1.61. The summed E-state index contributed by atoms with van der Waals surface area (Å²) in [6.45, 7) is 0.524. The Morgan fingerprint density at radius 1 is 1.33 bits per heavy atom. The second kappa shape index (κ2) is 5.91. The predicted octanol–water partition coefficient (Wildman–Crippen LogP) is 1.23. The highest BCUT2D eigenvalue weighted by Crippen LogP contribution is 2.25. The lowest BCUT2D eigenvalue weighted by Crippen LogP contribution is -2.27. The van der Waals surface area contributed by atoms with Gasteiger partial charge in [-0.15, -0.1) is 0 Å². The van der Waals surface area contributed by atoms with Gasteiger partial charge < -0.3 is 10.3 Å². The van der Waals surface area contributed by atoms with Crippen LogP contribution in [0.5, 0.6) is 0 Å². The Hall–Kier alpha value is -2.43. The van der Waals surface area contributed by atoms with Gasteiger partial charge in [-0.1, -0.05) is 12.1 Å². The van der Waals surface area contributed by atoms with E-state index in [-0.39, 0.29) is 11.6 Å². The van der Waals surface area contributed by atoms with Crippen LogP contribution >= 0.6 is 0 Å². The highest BCUT2D eigenvalue weighted by Gasteiger charge is 2.18. The molecule has 0 unspecified atom stereocenters. The maximum atomic E-state index is 12.3. The van der Waals surface area contributed by atoms with Crippen molar-refractivity contribution in [3.8, 4) is 0 Å². The van der Waals surface area contributed by atoms with Crippen LogP contribution in [0.25, 0.3) is 0 Å². The molecule has 0 spiro atoms. The normalized spacial score (nSPS) is 13.0. The van der Waals surface area contributed by atoms with Crippen molar-refractivity contribution < 1.29 is 4.79 Å². The summed E-state index contributed by atoms with van der Waals surface area (Å²) in [5, 5.41) is 2.93. The lowest BCUT2D eigenvalue weighted by Gasteiger charge is -2.09. The zero-order valence-corrected chi connectivity index (χ0v) is 11.7. The minimum absolute atomic E-state index is 0.0221. The fraction of sp³-hybridized carbons (Fsp3) is 0.312. The number of H-pyrrole nitrogens is 1. The standard InChI is InChI=1S/C16H17N3O2/c20-15(14-6-2-4-12-3-1-5-13(12)14)17-8-7-11-9-18-16(21)19-10-11/h2,4,6,9-10H,1,3,5,7-8H2,(H,17,20)(H,18,19,21). The maximum Gasteiger partial charge on any atom is 0.344 e. The van der Waals surface area contributed by atoms with Gasteiger partial charge in [-0.2, -0.15) is 0 Å². The van der Waals surface area contributed by atoms with E-state index in [4.69, 9.17) is 0 Å². The van der Waals surface area contributed by atoms with Crippen LogP contribution in [0.2, 0.25) is 0 Å². The first kappa shape index (κ1) is 13.5. The van der Waals surface area contributed by atoms with Crippen LogP contribution in [0.3, 0.4) is 0 Å². The van der Waals surface area contributed by atoms with Crippen LogP contribution in [0.15, 0.2) is 35.4 Å². The SMILES string of the molecule is O=C(NCCc1cnc(=O)[nH]c1)c1cccc2c1CCC2. The summed E-state index contributed by atoms with van der Waals surface area (Å²) in [4.78, 5) is 29.3. The summed E-state index contributed by atoms with van der Waals surface area (Å²) in [6, 6.07) is 5.94. The van der Waals surface area contributed by atoms with Crippen LogP contribution in [-0.4, -0.2) is 22.4 Å². The molecule has 108 valence electrons. The molecule has 1 aromatic carbocycles. The first-order chi connectivity index (χ1) is 10.2. The molecular weight excluding hydrogens is 266 g/mol. The van der Waals surface area contributed by atoms with E-state index in [0.717, 1.165) is 30.4 Å². The lowest BCUT2D eigenvalue weighted by atomic mass is 10.0. The molecule has 5 nitrogen and oxygen atoms in total. The fourth-order valence-corrected chi connectivity index (χ4v) is 2.76. The number of aromatic amines is 1. The van der Waals surface area contributed by atoms with E-state index in [1.165, 1.54) is 17.3 Å². The Labute approximate surface area is 122 Å². The van der Waals surface area contributed by atoms with Gasteiger partial charge in [-0.05, 0) is 48.4 Å². The number of amides is 1. The number of rotatable bonds is 4. The van der Waals surface area contributed by atoms with E-state index < -0.39 is 0 Å². The van der Waals surface area contributed by atoms with Crippen molar-refractivity contribution in [1.82, 2.24) is 15.3 Å². The van der Waals surface area contributed by atoms with Crippen LogP contribution < -0.4 is 11.0 Å². The Bertz CT molecular complexity index is 701. The number of carbonyl (C=O) groups excluding carboxylic acids is 1. The van der Waals surface area contributed by atoms with Crippen LogP contribution in [-0.2, 0) is 19.3 Å². The summed E-state index contributed by atoms with van der Waals surface area (Å²) >= 11 is 0. The Morgan fingerprint density at radius 2 is 2.24 bits per heavy atom. The largest absolute Gasteiger partial charge is 0.352 e. The van der Waals surface area contributed by atoms with E-state index in [2.05, 4.69) is 21.4 Å². The average molecular weight is 283 g/mol. The molecule has 0 fully saturated rings. The smallest absolute Gasteiger partial charge is 0.344 e. The average Bonchev–Trinajstić information content (AvgIpc) is 2.97. The van der Waals surface area contributed by atoms with Gasteiger partial charge in [0.2, 0.25) is 0 Å². The quantitative estimate of drug-likeness (QED) is 0.886. The first-order valence-electron chi connectivity index (χ1n) is 7.16. The molecule has 0 radical (unpaired) electrons. The molecule has 0 saturated heterocycles. The Morgan fingerprint density at radius 3 is 3.05 bits per heavy atom. The van der Waals surface area contributed by atoms with Crippen LogP contribution in [0.4, 0.5) is 0 Å². The van der Waals surface area contributed by atoms with Crippen LogP contribution in [0, 0.1) is 0 Å². The Kier molecular flexibility index (Phi) is 3.81. The van der Waals surface area contributed by atoms with Gasteiger partial charge in [-0.3, -0.25) is 4.79 Å². The third kappa shape index (κ3) is 3.02. The highest BCUT2D eigenvalue weighted by atomic mass is 16.1. The second-order valence-electron chi connectivity index (χ2n) is 5.23. The molecule has 1 amide bonds. The number of benzene rings is 1. The van der Waals surface area contributed by atoms with E-state index in [1.807, 2.05) is 12.1 Å². The van der Waals surface area contributed by atoms with E-state index in [1.54, 1.807) is 6.20 Å². The molecule has 0 bridgehead atoms. The zero-order valence-electron chi connectivity index (χ0n) is 11.7. The summed E-state index contributed by atoms with van der Waals surface area (Å²) in [5.41, 5.74) is 3.83. The van der Waals surface area contributed by atoms with Gasteiger partial charge in [-0.25, -0.2) is 9.78 Å². The topological polar surface area (TPSA) is 74.8 Å². The molecule has 0 aliphatic heterocycles. The van der Waals surface area contributed by atoms with Crippen molar-refractivity contribution in [2.45, 2.75) is 25.7 Å². The third-order valence-electron chi connectivity index (χ3n) is 3.82. The van der Waals surface area contributed by atoms with Gasteiger partial charge in [0.1, 0.15) is 0 Å². The van der Waals surface area contributed by atoms with Crippen molar-refractivity contribution in [2.24, 2.45) is 0 Å². The minimum atomic E-state index is -0.359. The summed E-state index contributed by atoms with van der Waals surface area (Å²) < 4.78 is 0. The molecule has 2 N–H and O–H groups in total. The van der Waals surface area contributed by atoms with Crippen molar-refractivity contribution in [3.05, 3.63) is 63.3 Å². The number of hydrogen-bond donors (Lipinski definition) is 2. The number of nitrogens with one attached hydrogen (secondary N) is 2. The molecule has 3 rings (SSSR count). The van der Waals surface area contributed by atoms with Crippen LogP contribution in [0.1, 0.15) is 33.5 Å². The molecule has 0 atom stereocenters. The number of aryl methyl sites for hydroxylation is 1. The van der Waals surface area contributed by atoms with Crippen molar-refractivity contribution in [3.63, 3.8) is 0 Å². The monoisotopic (exact) mass is 283 g/mol. The van der Waals surface area contributed by atoms with E-state index >= 15 is 0 Å². The molecule has 1 heterocycles. The zero-order chi connectivity index (χ0) is 14.7. The molecule has 2 aromatic rings. The molecule has 1 aliphatic carbocycles. The lowest BCUT2D eigenvalue weighted by molar-refractivity contribution is 0.0953.